The average Bonchev–Trinajstić information content (AvgIpc) is 2.41. The zero-order valence-corrected chi connectivity index (χ0v) is 10.7. The highest BCUT2D eigenvalue weighted by Gasteiger charge is 2.19. The van der Waals surface area contributed by atoms with Gasteiger partial charge in [-0.25, -0.2) is 0 Å². The van der Waals surface area contributed by atoms with Crippen LogP contribution < -0.4 is 10.5 Å². The van der Waals surface area contributed by atoms with E-state index in [9.17, 15) is 4.79 Å². The molecule has 18 heavy (non-hydrogen) atoms. The summed E-state index contributed by atoms with van der Waals surface area (Å²) in [5.74, 6) is 0.585. The third kappa shape index (κ3) is 2.55. The van der Waals surface area contributed by atoms with Gasteiger partial charge in [-0.05, 0) is 50.3 Å². The van der Waals surface area contributed by atoms with Gasteiger partial charge in [0.1, 0.15) is 0 Å². The van der Waals surface area contributed by atoms with Crippen LogP contribution in [0.2, 0.25) is 0 Å². The minimum atomic E-state index is 0.0606. The lowest BCUT2D eigenvalue weighted by atomic mass is 9.92. The van der Waals surface area contributed by atoms with Gasteiger partial charge < -0.3 is 10.5 Å². The van der Waals surface area contributed by atoms with Crippen molar-refractivity contribution in [2.75, 3.05) is 12.3 Å². The molecular formula is C15H19NO2. The second-order valence-corrected chi connectivity index (χ2v) is 4.46. The third-order valence-electron chi connectivity index (χ3n) is 3.16. The molecule has 0 saturated heterocycles. The van der Waals surface area contributed by atoms with E-state index in [0.717, 1.165) is 24.8 Å². The molecular weight excluding hydrogens is 226 g/mol. The number of Topliss-reactive ketones (excluding diaryl/α,β-unsaturated/α-hetero) is 1. The van der Waals surface area contributed by atoms with Crippen LogP contribution in [0, 0.1) is 0 Å². The van der Waals surface area contributed by atoms with Gasteiger partial charge in [0, 0.05) is 0 Å². The lowest BCUT2D eigenvalue weighted by molar-refractivity contribution is 0.102. The van der Waals surface area contributed by atoms with Crippen molar-refractivity contribution in [3.05, 3.63) is 35.4 Å². The largest absolute Gasteiger partial charge is 0.491 e. The van der Waals surface area contributed by atoms with Gasteiger partial charge in [0.2, 0.25) is 0 Å². The summed E-state index contributed by atoms with van der Waals surface area (Å²) in [5.41, 5.74) is 7.89. The van der Waals surface area contributed by atoms with Crippen LogP contribution in [0.5, 0.6) is 5.75 Å². The summed E-state index contributed by atoms with van der Waals surface area (Å²) >= 11 is 0. The summed E-state index contributed by atoms with van der Waals surface area (Å²) < 4.78 is 5.51. The van der Waals surface area contributed by atoms with Crippen molar-refractivity contribution in [1.82, 2.24) is 0 Å². The number of nitrogen functional groups attached to an aromatic ring is 1. The second-order valence-electron chi connectivity index (χ2n) is 4.46. The third-order valence-corrected chi connectivity index (χ3v) is 3.16. The molecule has 1 aromatic rings. The van der Waals surface area contributed by atoms with E-state index in [4.69, 9.17) is 10.5 Å². The SMILES string of the molecule is CCOc1c(N)cccc1C(=O)C1=CCCCC1. The first-order chi connectivity index (χ1) is 8.74. The fourth-order valence-corrected chi connectivity index (χ4v) is 2.26. The summed E-state index contributed by atoms with van der Waals surface area (Å²) in [6, 6.07) is 5.35. The maximum Gasteiger partial charge on any atom is 0.192 e. The Balaban J connectivity index is 2.34. The van der Waals surface area contributed by atoms with Crippen molar-refractivity contribution in [1.29, 1.82) is 0 Å². The molecule has 1 aromatic carbocycles. The van der Waals surface area contributed by atoms with Gasteiger partial charge in [-0.2, -0.15) is 0 Å². The molecule has 0 spiro atoms. The summed E-state index contributed by atoms with van der Waals surface area (Å²) in [5, 5.41) is 0. The lowest BCUT2D eigenvalue weighted by Gasteiger charge is -2.15. The molecule has 0 fully saturated rings. The van der Waals surface area contributed by atoms with E-state index < -0.39 is 0 Å². The number of ketones is 1. The Kier molecular flexibility index (Phi) is 4.03. The number of benzene rings is 1. The molecule has 3 heteroatoms. The molecule has 96 valence electrons. The molecule has 0 aliphatic heterocycles. The zero-order chi connectivity index (χ0) is 13.0. The number of allylic oxidation sites excluding steroid dienone is 2. The molecule has 0 unspecified atom stereocenters. The Morgan fingerprint density at radius 3 is 2.89 bits per heavy atom. The van der Waals surface area contributed by atoms with E-state index in [0.29, 0.717) is 23.6 Å². The molecule has 0 atom stereocenters. The van der Waals surface area contributed by atoms with Crippen LogP contribution in [0.3, 0.4) is 0 Å². The van der Waals surface area contributed by atoms with E-state index in [1.54, 1.807) is 18.2 Å². The first kappa shape index (κ1) is 12.7. The van der Waals surface area contributed by atoms with Crippen molar-refractivity contribution in [3.63, 3.8) is 0 Å². The number of rotatable bonds is 4. The number of ether oxygens (including phenoxy) is 1. The molecule has 0 amide bonds. The van der Waals surface area contributed by atoms with Crippen LogP contribution in [0.4, 0.5) is 5.69 Å². The lowest BCUT2D eigenvalue weighted by Crippen LogP contribution is -2.10. The van der Waals surface area contributed by atoms with Crippen molar-refractivity contribution in [3.8, 4) is 5.75 Å². The smallest absolute Gasteiger partial charge is 0.192 e. The molecule has 0 aromatic heterocycles. The van der Waals surface area contributed by atoms with Crippen molar-refractivity contribution >= 4 is 11.5 Å². The van der Waals surface area contributed by atoms with Crippen molar-refractivity contribution < 1.29 is 9.53 Å². The van der Waals surface area contributed by atoms with Gasteiger partial charge >= 0.3 is 0 Å². The second kappa shape index (κ2) is 5.71. The minimum absolute atomic E-state index is 0.0606. The highest BCUT2D eigenvalue weighted by Crippen LogP contribution is 2.30. The van der Waals surface area contributed by atoms with Crippen LogP contribution in [-0.2, 0) is 0 Å². The van der Waals surface area contributed by atoms with Gasteiger partial charge in [-0.1, -0.05) is 12.1 Å². The number of hydrogen-bond donors (Lipinski definition) is 1. The summed E-state index contributed by atoms with van der Waals surface area (Å²) in [7, 11) is 0. The number of carbonyl (C=O) groups is 1. The monoisotopic (exact) mass is 245 g/mol. The van der Waals surface area contributed by atoms with Gasteiger partial charge in [-0.3, -0.25) is 4.79 Å². The number of hydrogen-bond acceptors (Lipinski definition) is 3. The number of para-hydroxylation sites is 1. The Hall–Kier alpha value is -1.77. The standard InChI is InChI=1S/C15H19NO2/c1-2-18-15-12(9-6-10-13(15)16)14(17)11-7-4-3-5-8-11/h6-7,9-10H,2-5,8,16H2,1H3. The molecule has 0 heterocycles. The molecule has 0 bridgehead atoms. The maximum atomic E-state index is 12.4. The Labute approximate surface area is 108 Å². The zero-order valence-electron chi connectivity index (χ0n) is 10.7. The van der Waals surface area contributed by atoms with Gasteiger partial charge in [0.05, 0.1) is 17.9 Å². The van der Waals surface area contributed by atoms with Crippen LogP contribution in [-0.4, -0.2) is 12.4 Å². The normalized spacial score (nSPS) is 15.1. The van der Waals surface area contributed by atoms with Crippen LogP contribution in [0.25, 0.3) is 0 Å². The molecule has 1 aliphatic carbocycles. The van der Waals surface area contributed by atoms with E-state index >= 15 is 0 Å². The Morgan fingerprint density at radius 2 is 2.22 bits per heavy atom. The van der Waals surface area contributed by atoms with Crippen molar-refractivity contribution in [2.45, 2.75) is 32.6 Å². The van der Waals surface area contributed by atoms with E-state index in [2.05, 4.69) is 0 Å². The van der Waals surface area contributed by atoms with E-state index in [-0.39, 0.29) is 5.78 Å². The predicted molar refractivity (Wildman–Crippen MR) is 72.9 cm³/mol. The van der Waals surface area contributed by atoms with Crippen LogP contribution >= 0.6 is 0 Å². The molecule has 0 radical (unpaired) electrons. The quantitative estimate of drug-likeness (QED) is 0.653. The number of carbonyl (C=O) groups excluding carboxylic acids is 1. The Morgan fingerprint density at radius 1 is 1.39 bits per heavy atom. The molecule has 1 aliphatic rings. The fraction of sp³-hybridized carbons (Fsp3) is 0.400. The summed E-state index contributed by atoms with van der Waals surface area (Å²) in [6.45, 7) is 2.40. The Bertz CT molecular complexity index is 477. The first-order valence-electron chi connectivity index (χ1n) is 6.49. The van der Waals surface area contributed by atoms with Crippen molar-refractivity contribution in [2.24, 2.45) is 0 Å². The van der Waals surface area contributed by atoms with Gasteiger partial charge in [-0.15, -0.1) is 0 Å². The first-order valence-corrected chi connectivity index (χ1v) is 6.49. The van der Waals surface area contributed by atoms with E-state index in [1.165, 1.54) is 6.42 Å². The highest BCUT2D eigenvalue weighted by atomic mass is 16.5. The van der Waals surface area contributed by atoms with Gasteiger partial charge in [0.25, 0.3) is 0 Å². The topological polar surface area (TPSA) is 52.3 Å². The highest BCUT2D eigenvalue weighted by molar-refractivity contribution is 6.11. The molecule has 3 nitrogen and oxygen atoms in total. The number of nitrogens with two attached hydrogens (primary N) is 1. The van der Waals surface area contributed by atoms with Gasteiger partial charge in [0.15, 0.2) is 11.5 Å². The fourth-order valence-electron chi connectivity index (χ4n) is 2.26. The summed E-state index contributed by atoms with van der Waals surface area (Å²) in [6.07, 6.45) is 6.16. The molecule has 2 rings (SSSR count). The average molecular weight is 245 g/mol. The van der Waals surface area contributed by atoms with Crippen LogP contribution in [0.15, 0.2) is 29.8 Å². The minimum Gasteiger partial charge on any atom is -0.491 e. The maximum absolute atomic E-state index is 12.4. The molecule has 2 N–H and O–H groups in total. The summed E-state index contributed by atoms with van der Waals surface area (Å²) in [4.78, 5) is 12.4. The number of anilines is 1. The molecule has 0 saturated carbocycles. The predicted octanol–water partition coefficient (Wildman–Crippen LogP) is 3.35. The van der Waals surface area contributed by atoms with Crippen LogP contribution in [0.1, 0.15) is 43.0 Å². The van der Waals surface area contributed by atoms with E-state index in [1.807, 2.05) is 13.0 Å².